The first-order valence-electron chi connectivity index (χ1n) is 5.70. The minimum Gasteiger partial charge on any atom is -0.337 e. The molecular weight excluding hydrogens is 218 g/mol. The Morgan fingerprint density at radius 3 is 2.65 bits per heavy atom. The van der Waals surface area contributed by atoms with E-state index in [9.17, 15) is 0 Å². The van der Waals surface area contributed by atoms with Gasteiger partial charge in [-0.25, -0.2) is 4.98 Å². The van der Waals surface area contributed by atoms with Crippen LogP contribution in [0.25, 0.3) is 11.5 Å². The van der Waals surface area contributed by atoms with Gasteiger partial charge in [0.05, 0.1) is 18.1 Å². The summed E-state index contributed by atoms with van der Waals surface area (Å²) in [5.41, 5.74) is 6.48. The summed E-state index contributed by atoms with van der Waals surface area (Å²) in [5.74, 6) is 1.01. The molecule has 6 nitrogen and oxygen atoms in total. The molecule has 0 radical (unpaired) electrons. The van der Waals surface area contributed by atoms with E-state index in [2.05, 4.69) is 15.1 Å². The van der Waals surface area contributed by atoms with Crippen molar-refractivity contribution in [3.63, 3.8) is 0 Å². The third-order valence-corrected chi connectivity index (χ3v) is 3.16. The molecule has 0 saturated carbocycles. The number of aromatic nitrogens is 4. The van der Waals surface area contributed by atoms with E-state index in [1.807, 2.05) is 25.5 Å². The zero-order valence-electron chi connectivity index (χ0n) is 10.3. The highest BCUT2D eigenvalue weighted by atomic mass is 16.5. The van der Waals surface area contributed by atoms with Crippen LogP contribution >= 0.6 is 0 Å². The number of nitrogens with zero attached hydrogens (tertiary/aromatic N) is 4. The van der Waals surface area contributed by atoms with Gasteiger partial charge in [0.2, 0.25) is 11.7 Å². The molecule has 0 saturated heterocycles. The molecule has 17 heavy (non-hydrogen) atoms. The first-order valence-corrected chi connectivity index (χ1v) is 5.70. The molecule has 0 bridgehead atoms. The minimum absolute atomic E-state index is 0.485. The first kappa shape index (κ1) is 11.8. The molecule has 0 amide bonds. The van der Waals surface area contributed by atoms with Crippen LogP contribution in [0.1, 0.15) is 32.6 Å². The standard InChI is InChI=1S/C11H17N5O/c1-4-11(12,5-2)10-14-9(15-17-10)8-6-13-7-16(8)3/h6-7H,4-5,12H2,1-3H3. The summed E-state index contributed by atoms with van der Waals surface area (Å²) >= 11 is 0. The summed E-state index contributed by atoms with van der Waals surface area (Å²) in [6.45, 7) is 4.02. The molecule has 92 valence electrons. The van der Waals surface area contributed by atoms with E-state index in [1.54, 1.807) is 12.5 Å². The lowest BCUT2D eigenvalue weighted by atomic mass is 9.94. The normalized spacial score (nSPS) is 12.0. The Hall–Kier alpha value is -1.69. The van der Waals surface area contributed by atoms with E-state index < -0.39 is 5.54 Å². The lowest BCUT2D eigenvalue weighted by molar-refractivity contribution is 0.268. The summed E-state index contributed by atoms with van der Waals surface area (Å²) in [4.78, 5) is 8.38. The van der Waals surface area contributed by atoms with E-state index in [-0.39, 0.29) is 0 Å². The molecule has 0 aromatic carbocycles. The molecule has 2 N–H and O–H groups in total. The number of aryl methyl sites for hydroxylation is 1. The third-order valence-electron chi connectivity index (χ3n) is 3.16. The number of hydrogen-bond donors (Lipinski definition) is 1. The van der Waals surface area contributed by atoms with Crippen molar-refractivity contribution in [2.75, 3.05) is 0 Å². The molecule has 0 atom stereocenters. The largest absolute Gasteiger partial charge is 0.337 e. The van der Waals surface area contributed by atoms with Gasteiger partial charge in [-0.2, -0.15) is 4.98 Å². The summed E-state index contributed by atoms with van der Waals surface area (Å²) in [5, 5.41) is 3.95. The zero-order chi connectivity index (χ0) is 12.5. The SMILES string of the molecule is CCC(N)(CC)c1nc(-c2cncn2C)no1. The van der Waals surface area contributed by atoms with Crippen molar-refractivity contribution in [2.45, 2.75) is 32.2 Å². The van der Waals surface area contributed by atoms with Crippen molar-refractivity contribution < 1.29 is 4.52 Å². The smallest absolute Gasteiger partial charge is 0.247 e. The summed E-state index contributed by atoms with van der Waals surface area (Å²) in [6.07, 6.45) is 4.92. The molecule has 0 fully saturated rings. The van der Waals surface area contributed by atoms with Crippen LogP contribution in [0.15, 0.2) is 17.0 Å². The van der Waals surface area contributed by atoms with Gasteiger partial charge < -0.3 is 14.8 Å². The highest BCUT2D eigenvalue weighted by Gasteiger charge is 2.30. The summed E-state index contributed by atoms with van der Waals surface area (Å²) < 4.78 is 7.10. The van der Waals surface area contributed by atoms with E-state index in [0.29, 0.717) is 11.7 Å². The lowest BCUT2D eigenvalue weighted by Gasteiger charge is -2.20. The van der Waals surface area contributed by atoms with E-state index in [4.69, 9.17) is 10.3 Å². The fourth-order valence-corrected chi connectivity index (χ4v) is 1.65. The van der Waals surface area contributed by atoms with Gasteiger partial charge in [-0.3, -0.25) is 0 Å². The molecule has 0 aliphatic carbocycles. The second-order valence-corrected chi connectivity index (χ2v) is 4.18. The lowest BCUT2D eigenvalue weighted by Crippen LogP contribution is -2.35. The molecular formula is C11H17N5O. The molecule has 2 aromatic heterocycles. The fraction of sp³-hybridized carbons (Fsp3) is 0.545. The monoisotopic (exact) mass is 235 g/mol. The molecule has 2 rings (SSSR count). The van der Waals surface area contributed by atoms with Crippen LogP contribution < -0.4 is 5.73 Å². The van der Waals surface area contributed by atoms with Gasteiger partial charge in [-0.15, -0.1) is 0 Å². The Morgan fingerprint density at radius 2 is 2.12 bits per heavy atom. The van der Waals surface area contributed by atoms with E-state index in [0.717, 1.165) is 18.5 Å². The third kappa shape index (κ3) is 1.95. The van der Waals surface area contributed by atoms with Crippen molar-refractivity contribution in [2.24, 2.45) is 12.8 Å². The average Bonchev–Trinajstić information content (AvgIpc) is 2.96. The summed E-state index contributed by atoms with van der Waals surface area (Å²) in [6, 6.07) is 0. The second-order valence-electron chi connectivity index (χ2n) is 4.18. The fourth-order valence-electron chi connectivity index (χ4n) is 1.65. The Bertz CT molecular complexity index is 497. The molecule has 2 heterocycles. The van der Waals surface area contributed by atoms with Crippen LogP contribution in [-0.4, -0.2) is 19.7 Å². The van der Waals surface area contributed by atoms with Crippen LogP contribution in [0, 0.1) is 0 Å². The highest BCUT2D eigenvalue weighted by Crippen LogP contribution is 2.26. The maximum atomic E-state index is 6.20. The van der Waals surface area contributed by atoms with Gasteiger partial charge >= 0.3 is 0 Å². The van der Waals surface area contributed by atoms with Crippen LogP contribution in [0.3, 0.4) is 0 Å². The molecule has 0 spiro atoms. The van der Waals surface area contributed by atoms with Crippen molar-refractivity contribution in [1.82, 2.24) is 19.7 Å². The number of imidazole rings is 1. The minimum atomic E-state index is -0.538. The molecule has 0 aliphatic rings. The first-order chi connectivity index (χ1) is 8.10. The average molecular weight is 235 g/mol. The number of rotatable bonds is 4. The Kier molecular flexibility index (Phi) is 2.97. The van der Waals surface area contributed by atoms with Crippen molar-refractivity contribution >= 4 is 0 Å². The van der Waals surface area contributed by atoms with Crippen molar-refractivity contribution in [1.29, 1.82) is 0 Å². The number of hydrogen-bond acceptors (Lipinski definition) is 5. The Balaban J connectivity index is 2.37. The molecule has 2 aromatic rings. The topological polar surface area (TPSA) is 82.8 Å². The van der Waals surface area contributed by atoms with Crippen LogP contribution in [0.5, 0.6) is 0 Å². The highest BCUT2D eigenvalue weighted by molar-refractivity contribution is 5.47. The van der Waals surface area contributed by atoms with Gasteiger partial charge in [0.1, 0.15) is 5.69 Å². The van der Waals surface area contributed by atoms with Crippen LogP contribution in [0.2, 0.25) is 0 Å². The van der Waals surface area contributed by atoms with E-state index in [1.165, 1.54) is 0 Å². The molecule has 0 unspecified atom stereocenters. The summed E-state index contributed by atoms with van der Waals surface area (Å²) in [7, 11) is 1.88. The van der Waals surface area contributed by atoms with Gasteiger partial charge in [0.25, 0.3) is 0 Å². The van der Waals surface area contributed by atoms with Gasteiger partial charge in [-0.05, 0) is 12.8 Å². The maximum absolute atomic E-state index is 6.20. The quantitative estimate of drug-likeness (QED) is 0.867. The maximum Gasteiger partial charge on any atom is 0.247 e. The van der Waals surface area contributed by atoms with Crippen LogP contribution in [-0.2, 0) is 12.6 Å². The Labute approximate surface area is 99.8 Å². The van der Waals surface area contributed by atoms with Crippen molar-refractivity contribution in [3.05, 3.63) is 18.4 Å². The zero-order valence-corrected chi connectivity index (χ0v) is 10.3. The van der Waals surface area contributed by atoms with E-state index >= 15 is 0 Å². The molecule has 6 heteroatoms. The second kappa shape index (κ2) is 4.29. The van der Waals surface area contributed by atoms with Gasteiger partial charge in [0, 0.05) is 7.05 Å². The van der Waals surface area contributed by atoms with Gasteiger partial charge in [0.15, 0.2) is 0 Å². The predicted molar refractivity (Wildman–Crippen MR) is 62.9 cm³/mol. The molecule has 0 aliphatic heterocycles. The number of nitrogens with two attached hydrogens (primary N) is 1. The predicted octanol–water partition coefficient (Wildman–Crippen LogP) is 1.44. The Morgan fingerprint density at radius 1 is 1.41 bits per heavy atom. The van der Waals surface area contributed by atoms with Crippen molar-refractivity contribution in [3.8, 4) is 11.5 Å². The van der Waals surface area contributed by atoms with Crippen LogP contribution in [0.4, 0.5) is 0 Å². The van der Waals surface area contributed by atoms with Gasteiger partial charge in [-0.1, -0.05) is 19.0 Å².